The summed E-state index contributed by atoms with van der Waals surface area (Å²) in [6, 6.07) is 5.19. The number of hydroxylamine groups is 1. The average Bonchev–Trinajstić information content (AvgIpc) is 2.43. The van der Waals surface area contributed by atoms with E-state index >= 15 is 0 Å². The highest BCUT2D eigenvalue weighted by Crippen LogP contribution is 2.30. The van der Waals surface area contributed by atoms with Gasteiger partial charge in [0.25, 0.3) is 5.91 Å². The van der Waals surface area contributed by atoms with Crippen molar-refractivity contribution in [2.45, 2.75) is 6.42 Å². The summed E-state index contributed by atoms with van der Waals surface area (Å²) in [5.74, 6) is 0.329. The van der Waals surface area contributed by atoms with E-state index in [-0.39, 0.29) is 12.3 Å². The van der Waals surface area contributed by atoms with Gasteiger partial charge in [-0.3, -0.25) is 10.0 Å². The maximum absolute atomic E-state index is 11.1. The Morgan fingerprint density at radius 3 is 3.00 bits per heavy atom. The summed E-state index contributed by atoms with van der Waals surface area (Å²) in [6.45, 7) is 0. The molecule has 1 aliphatic heterocycles. The number of rotatable bonds is 1. The molecule has 1 N–H and O–H groups in total. The Kier molecular flexibility index (Phi) is 1.70. The van der Waals surface area contributed by atoms with Crippen molar-refractivity contribution in [1.29, 1.82) is 0 Å². The molecule has 1 heterocycles. The minimum Gasteiger partial charge on any atom is -0.497 e. The summed E-state index contributed by atoms with van der Waals surface area (Å²) >= 11 is 0. The monoisotopic (exact) mass is 179 g/mol. The van der Waals surface area contributed by atoms with Crippen LogP contribution in [-0.4, -0.2) is 18.2 Å². The van der Waals surface area contributed by atoms with Gasteiger partial charge in [0, 0.05) is 6.07 Å². The van der Waals surface area contributed by atoms with Crippen LogP contribution in [-0.2, 0) is 11.2 Å². The normalized spacial score (nSPS) is 14.6. The molecule has 4 heteroatoms. The van der Waals surface area contributed by atoms with Crippen molar-refractivity contribution in [2.75, 3.05) is 12.2 Å². The Balaban J connectivity index is 2.47. The lowest BCUT2D eigenvalue weighted by Gasteiger charge is -2.08. The highest BCUT2D eigenvalue weighted by molar-refractivity contribution is 5.99. The van der Waals surface area contributed by atoms with E-state index in [1.807, 2.05) is 0 Å². The molecule has 0 bridgehead atoms. The Hall–Kier alpha value is -1.55. The molecular formula is C9H9NO3. The van der Waals surface area contributed by atoms with Crippen LogP contribution in [0.3, 0.4) is 0 Å². The molecule has 0 atom stereocenters. The molecule has 68 valence electrons. The number of amides is 1. The van der Waals surface area contributed by atoms with Crippen LogP contribution in [0.2, 0.25) is 0 Å². The lowest BCUT2D eigenvalue weighted by molar-refractivity contribution is -0.122. The van der Waals surface area contributed by atoms with Crippen molar-refractivity contribution in [3.05, 3.63) is 23.8 Å². The van der Waals surface area contributed by atoms with Gasteiger partial charge in [0.05, 0.1) is 19.2 Å². The Morgan fingerprint density at radius 1 is 1.54 bits per heavy atom. The first-order valence-electron chi connectivity index (χ1n) is 3.91. The van der Waals surface area contributed by atoms with Gasteiger partial charge < -0.3 is 4.74 Å². The van der Waals surface area contributed by atoms with E-state index in [9.17, 15) is 10.0 Å². The molecule has 0 aliphatic carbocycles. The van der Waals surface area contributed by atoms with Crippen LogP contribution in [0.1, 0.15) is 5.56 Å². The molecule has 0 saturated carbocycles. The molecule has 0 unspecified atom stereocenters. The molecule has 0 fully saturated rings. The van der Waals surface area contributed by atoms with Gasteiger partial charge in [-0.05, 0) is 11.6 Å². The van der Waals surface area contributed by atoms with Gasteiger partial charge in [0.2, 0.25) is 0 Å². The topological polar surface area (TPSA) is 49.8 Å². The Bertz CT molecular complexity index is 362. The maximum Gasteiger partial charge on any atom is 0.255 e. The maximum atomic E-state index is 11.1. The smallest absolute Gasteiger partial charge is 0.255 e. The summed E-state index contributed by atoms with van der Waals surface area (Å²) < 4.78 is 4.97. The average molecular weight is 179 g/mol. The molecule has 2 rings (SSSR count). The number of fused-ring (bicyclic) bond motifs is 1. The minimum atomic E-state index is -0.303. The summed E-state index contributed by atoms with van der Waals surface area (Å²) in [6.07, 6.45) is 0.260. The van der Waals surface area contributed by atoms with Crippen LogP contribution in [0, 0.1) is 0 Å². The summed E-state index contributed by atoms with van der Waals surface area (Å²) in [4.78, 5) is 11.1. The summed E-state index contributed by atoms with van der Waals surface area (Å²) in [7, 11) is 1.54. The molecule has 1 aromatic rings. The number of hydrogen-bond donors (Lipinski definition) is 1. The van der Waals surface area contributed by atoms with Crippen LogP contribution in [0.4, 0.5) is 5.69 Å². The first-order chi connectivity index (χ1) is 6.22. The third-order valence-electron chi connectivity index (χ3n) is 2.10. The van der Waals surface area contributed by atoms with Gasteiger partial charge in [0.1, 0.15) is 5.75 Å². The quantitative estimate of drug-likeness (QED) is 0.653. The number of nitrogens with zero attached hydrogens (tertiary/aromatic N) is 1. The van der Waals surface area contributed by atoms with Gasteiger partial charge in [-0.2, -0.15) is 5.06 Å². The predicted octanol–water partition coefficient (Wildman–Crippen LogP) is 0.974. The van der Waals surface area contributed by atoms with Crippen LogP contribution in [0.25, 0.3) is 0 Å². The fourth-order valence-electron chi connectivity index (χ4n) is 1.39. The minimum absolute atomic E-state index is 0.260. The molecule has 0 spiro atoms. The Morgan fingerprint density at radius 2 is 2.31 bits per heavy atom. The number of ether oxygens (including phenoxy) is 1. The number of carbonyl (C=O) groups excluding carboxylic acids is 1. The van der Waals surface area contributed by atoms with Crippen molar-refractivity contribution in [3.8, 4) is 5.75 Å². The first-order valence-corrected chi connectivity index (χ1v) is 3.91. The van der Waals surface area contributed by atoms with Crippen LogP contribution >= 0.6 is 0 Å². The molecule has 1 aromatic carbocycles. The second kappa shape index (κ2) is 2.74. The van der Waals surface area contributed by atoms with Crippen molar-refractivity contribution in [1.82, 2.24) is 0 Å². The zero-order valence-electron chi connectivity index (χ0n) is 7.15. The highest BCUT2D eigenvalue weighted by atomic mass is 16.5. The van der Waals surface area contributed by atoms with Crippen molar-refractivity contribution in [2.24, 2.45) is 0 Å². The number of carbonyl (C=O) groups is 1. The van der Waals surface area contributed by atoms with Gasteiger partial charge in [-0.15, -0.1) is 0 Å². The van der Waals surface area contributed by atoms with Crippen LogP contribution in [0.15, 0.2) is 18.2 Å². The van der Waals surface area contributed by atoms with E-state index in [1.54, 1.807) is 25.3 Å². The fraction of sp³-hybridized carbons (Fsp3) is 0.222. The molecule has 0 radical (unpaired) electrons. The van der Waals surface area contributed by atoms with E-state index in [2.05, 4.69) is 0 Å². The predicted molar refractivity (Wildman–Crippen MR) is 46.0 cm³/mol. The summed E-state index contributed by atoms with van der Waals surface area (Å²) in [5.41, 5.74) is 1.35. The van der Waals surface area contributed by atoms with E-state index < -0.39 is 0 Å². The molecule has 0 aromatic heterocycles. The van der Waals surface area contributed by atoms with Crippen LogP contribution in [0.5, 0.6) is 5.75 Å². The van der Waals surface area contributed by atoms with E-state index in [4.69, 9.17) is 4.74 Å². The lowest BCUT2D eigenvalue weighted by atomic mass is 10.1. The van der Waals surface area contributed by atoms with Gasteiger partial charge in [0.15, 0.2) is 0 Å². The number of hydrogen-bond acceptors (Lipinski definition) is 3. The van der Waals surface area contributed by atoms with Gasteiger partial charge in [-0.25, -0.2) is 0 Å². The van der Waals surface area contributed by atoms with E-state index in [0.717, 1.165) is 5.56 Å². The number of methoxy groups -OCH3 is 1. The molecule has 1 amide bonds. The molecule has 13 heavy (non-hydrogen) atoms. The zero-order chi connectivity index (χ0) is 9.42. The second-order valence-corrected chi connectivity index (χ2v) is 2.88. The molecular weight excluding hydrogens is 170 g/mol. The Labute approximate surface area is 75.3 Å². The third kappa shape index (κ3) is 1.15. The SMILES string of the molecule is COc1ccc2c(c1)N(O)C(=O)C2. The molecule has 0 saturated heterocycles. The van der Waals surface area contributed by atoms with E-state index in [1.165, 1.54) is 0 Å². The van der Waals surface area contributed by atoms with Crippen molar-refractivity contribution >= 4 is 11.6 Å². The second-order valence-electron chi connectivity index (χ2n) is 2.88. The largest absolute Gasteiger partial charge is 0.497 e. The van der Waals surface area contributed by atoms with E-state index in [0.29, 0.717) is 16.5 Å². The summed E-state index contributed by atoms with van der Waals surface area (Å²) in [5, 5.41) is 9.96. The third-order valence-corrected chi connectivity index (χ3v) is 2.10. The lowest BCUT2D eigenvalue weighted by Crippen LogP contribution is -2.21. The standard InChI is InChI=1S/C9H9NO3/c1-13-7-3-2-6-4-9(11)10(12)8(6)5-7/h2-3,5,12H,4H2,1H3. The van der Waals surface area contributed by atoms with Gasteiger partial charge >= 0.3 is 0 Å². The highest BCUT2D eigenvalue weighted by Gasteiger charge is 2.26. The molecule has 1 aliphatic rings. The van der Waals surface area contributed by atoms with Crippen molar-refractivity contribution in [3.63, 3.8) is 0 Å². The zero-order valence-corrected chi connectivity index (χ0v) is 7.15. The van der Waals surface area contributed by atoms with Crippen LogP contribution < -0.4 is 9.80 Å². The fourth-order valence-corrected chi connectivity index (χ4v) is 1.39. The molecule has 4 nitrogen and oxygen atoms in total. The number of anilines is 1. The number of benzene rings is 1. The van der Waals surface area contributed by atoms with Crippen molar-refractivity contribution < 1.29 is 14.7 Å². The van der Waals surface area contributed by atoms with Gasteiger partial charge in [-0.1, -0.05) is 6.07 Å². The first kappa shape index (κ1) is 8.07.